The Bertz CT molecular complexity index is 601. The van der Waals surface area contributed by atoms with Crippen molar-refractivity contribution in [3.8, 4) is 0 Å². The lowest BCUT2D eigenvalue weighted by atomic mass is 10.0. The fourth-order valence-electron chi connectivity index (χ4n) is 3.82. The summed E-state index contributed by atoms with van der Waals surface area (Å²) in [5, 5.41) is 9.70. The fourth-order valence-corrected chi connectivity index (χ4v) is 3.99. The number of pyridine rings is 1. The van der Waals surface area contributed by atoms with Gasteiger partial charge in [0.2, 0.25) is 0 Å². The van der Waals surface area contributed by atoms with Crippen LogP contribution in [0.2, 0.25) is 5.02 Å². The number of nitrogens with zero attached hydrogens (tertiary/aromatic N) is 1. The van der Waals surface area contributed by atoms with E-state index in [1.807, 2.05) is 0 Å². The van der Waals surface area contributed by atoms with Gasteiger partial charge in [-0.1, -0.05) is 11.6 Å². The second kappa shape index (κ2) is 5.46. The number of nitrogens with one attached hydrogen (secondary N) is 1. The molecule has 1 heterocycles. The second-order valence-corrected chi connectivity index (χ2v) is 6.66. The van der Waals surface area contributed by atoms with Gasteiger partial charge in [-0.3, -0.25) is 9.59 Å². The molecule has 4 atom stereocenters. The van der Waals surface area contributed by atoms with E-state index in [1.54, 1.807) is 11.9 Å². The van der Waals surface area contributed by atoms with Gasteiger partial charge in [0.25, 0.3) is 11.5 Å². The van der Waals surface area contributed by atoms with Crippen LogP contribution in [0.3, 0.4) is 0 Å². The van der Waals surface area contributed by atoms with Crippen molar-refractivity contribution in [1.29, 1.82) is 0 Å². The minimum atomic E-state index is -0.389. The van der Waals surface area contributed by atoms with Gasteiger partial charge in [0, 0.05) is 19.3 Å². The van der Waals surface area contributed by atoms with E-state index in [0.717, 1.165) is 25.7 Å². The maximum atomic E-state index is 12.5. The number of fused-ring (bicyclic) bond motifs is 1. The van der Waals surface area contributed by atoms with Crippen LogP contribution in [0.15, 0.2) is 17.1 Å². The number of carbonyl (C=O) groups excluding carboxylic acids is 1. The number of aliphatic hydroxyl groups excluding tert-OH is 1. The normalized spacial score (nSPS) is 31.2. The number of carbonyl (C=O) groups is 1. The molecular weight excluding hydrogens is 292 g/mol. The number of aromatic amines is 1. The molecule has 2 aliphatic carbocycles. The molecule has 3 rings (SSSR count). The summed E-state index contributed by atoms with van der Waals surface area (Å²) < 4.78 is 0. The van der Waals surface area contributed by atoms with Gasteiger partial charge < -0.3 is 15.0 Å². The van der Waals surface area contributed by atoms with E-state index < -0.39 is 0 Å². The fraction of sp³-hybridized carbons (Fsp3) is 0.600. The lowest BCUT2D eigenvalue weighted by Gasteiger charge is -2.25. The Balaban J connectivity index is 1.71. The van der Waals surface area contributed by atoms with Crippen LogP contribution >= 0.6 is 11.6 Å². The third-order valence-corrected chi connectivity index (χ3v) is 5.22. The van der Waals surface area contributed by atoms with Crippen LogP contribution in [0.5, 0.6) is 0 Å². The summed E-state index contributed by atoms with van der Waals surface area (Å²) >= 11 is 5.77. The van der Waals surface area contributed by atoms with Crippen LogP contribution in [0.25, 0.3) is 0 Å². The van der Waals surface area contributed by atoms with Gasteiger partial charge in [-0.05, 0) is 43.6 Å². The number of hydrogen-bond donors (Lipinski definition) is 2. The summed E-state index contributed by atoms with van der Waals surface area (Å²) in [5.41, 5.74) is 0.0134. The monoisotopic (exact) mass is 310 g/mol. The number of rotatable bonds is 2. The zero-order chi connectivity index (χ0) is 15.1. The molecule has 1 aromatic heterocycles. The molecule has 2 aliphatic rings. The summed E-state index contributed by atoms with van der Waals surface area (Å²) in [6.07, 6.45) is 4.84. The summed E-state index contributed by atoms with van der Waals surface area (Å²) in [6.45, 7) is 0. The predicted molar refractivity (Wildman–Crippen MR) is 79.4 cm³/mol. The van der Waals surface area contributed by atoms with Gasteiger partial charge in [-0.15, -0.1) is 0 Å². The van der Waals surface area contributed by atoms with Gasteiger partial charge in [-0.2, -0.15) is 0 Å². The topological polar surface area (TPSA) is 73.4 Å². The van der Waals surface area contributed by atoms with E-state index >= 15 is 0 Å². The molecule has 1 amide bonds. The average molecular weight is 311 g/mol. The number of halogens is 1. The third kappa shape index (κ3) is 2.72. The highest BCUT2D eigenvalue weighted by atomic mass is 35.5. The first-order chi connectivity index (χ1) is 9.95. The first kappa shape index (κ1) is 14.6. The van der Waals surface area contributed by atoms with E-state index in [-0.39, 0.29) is 28.6 Å². The van der Waals surface area contributed by atoms with Crippen molar-refractivity contribution in [2.45, 2.75) is 37.8 Å². The lowest BCUT2D eigenvalue weighted by molar-refractivity contribution is 0.0722. The van der Waals surface area contributed by atoms with Gasteiger partial charge >= 0.3 is 0 Å². The summed E-state index contributed by atoms with van der Waals surface area (Å²) in [5.74, 6) is 0.928. The Kier molecular flexibility index (Phi) is 3.80. The van der Waals surface area contributed by atoms with Crippen molar-refractivity contribution >= 4 is 17.5 Å². The van der Waals surface area contributed by atoms with Crippen LogP contribution in [-0.4, -0.2) is 40.1 Å². The highest BCUT2D eigenvalue weighted by molar-refractivity contribution is 6.30. The number of aliphatic hydroxyl groups is 1. The molecular formula is C15H19ClN2O3. The van der Waals surface area contributed by atoms with Crippen LogP contribution in [-0.2, 0) is 0 Å². The average Bonchev–Trinajstić information content (AvgIpc) is 2.97. The molecule has 2 fully saturated rings. The van der Waals surface area contributed by atoms with Crippen molar-refractivity contribution in [3.63, 3.8) is 0 Å². The van der Waals surface area contributed by atoms with E-state index in [2.05, 4.69) is 4.98 Å². The molecule has 5 nitrogen and oxygen atoms in total. The molecule has 1 aromatic rings. The summed E-state index contributed by atoms with van der Waals surface area (Å²) in [7, 11) is 1.80. The molecule has 114 valence electrons. The van der Waals surface area contributed by atoms with E-state index in [9.17, 15) is 14.7 Å². The van der Waals surface area contributed by atoms with Crippen LogP contribution in [0, 0.1) is 11.8 Å². The summed E-state index contributed by atoms with van der Waals surface area (Å²) in [4.78, 5) is 27.9. The molecule has 0 aromatic carbocycles. The summed E-state index contributed by atoms with van der Waals surface area (Å²) in [6, 6.07) is 1.62. The first-order valence-corrected chi connectivity index (χ1v) is 7.67. The lowest BCUT2D eigenvalue weighted by Crippen LogP contribution is -2.36. The molecule has 21 heavy (non-hydrogen) atoms. The van der Waals surface area contributed by atoms with E-state index in [0.29, 0.717) is 17.4 Å². The highest BCUT2D eigenvalue weighted by Gasteiger charge is 2.43. The van der Waals surface area contributed by atoms with Crippen LogP contribution < -0.4 is 5.56 Å². The standard InChI is InChI=1S/C15H19ClN2O3/c1-18(11-2-8-4-12(19)5-9(8)3-11)15(21)10-6-13(16)14(20)17-7-10/h6-9,11-12,19H,2-5H2,1H3,(H,17,20)/t8-,9+,11?,12?. The van der Waals surface area contributed by atoms with Crippen LogP contribution in [0.4, 0.5) is 0 Å². The molecule has 2 N–H and O–H groups in total. The zero-order valence-electron chi connectivity index (χ0n) is 11.9. The molecule has 2 saturated carbocycles. The minimum absolute atomic E-state index is 0.0284. The van der Waals surface area contributed by atoms with Crippen molar-refractivity contribution in [2.24, 2.45) is 11.8 Å². The number of H-pyrrole nitrogens is 1. The SMILES string of the molecule is CN(C(=O)c1c[nH]c(=O)c(Cl)c1)C1C[C@H]2CC(O)C[C@H]2C1. The second-order valence-electron chi connectivity index (χ2n) is 6.25. The van der Waals surface area contributed by atoms with Crippen molar-refractivity contribution < 1.29 is 9.90 Å². The minimum Gasteiger partial charge on any atom is -0.393 e. The highest BCUT2D eigenvalue weighted by Crippen LogP contribution is 2.45. The van der Waals surface area contributed by atoms with Crippen LogP contribution in [0.1, 0.15) is 36.0 Å². The molecule has 6 heteroatoms. The smallest absolute Gasteiger partial charge is 0.266 e. The zero-order valence-corrected chi connectivity index (χ0v) is 12.6. The first-order valence-electron chi connectivity index (χ1n) is 7.29. The number of hydrogen-bond acceptors (Lipinski definition) is 3. The number of aromatic nitrogens is 1. The predicted octanol–water partition coefficient (Wildman–Crippen LogP) is 1.65. The van der Waals surface area contributed by atoms with Gasteiger partial charge in [0.15, 0.2) is 0 Å². The van der Waals surface area contributed by atoms with Gasteiger partial charge in [0.1, 0.15) is 5.02 Å². The molecule has 2 unspecified atom stereocenters. The quantitative estimate of drug-likeness (QED) is 0.872. The van der Waals surface area contributed by atoms with E-state index in [4.69, 9.17) is 11.6 Å². The largest absolute Gasteiger partial charge is 0.393 e. The Morgan fingerprint density at radius 3 is 2.52 bits per heavy atom. The molecule has 0 spiro atoms. The van der Waals surface area contributed by atoms with Crippen molar-refractivity contribution in [1.82, 2.24) is 9.88 Å². The molecule has 0 saturated heterocycles. The number of amides is 1. The molecule has 0 radical (unpaired) electrons. The van der Waals surface area contributed by atoms with Crippen molar-refractivity contribution in [2.75, 3.05) is 7.05 Å². The Labute approximate surface area is 127 Å². The van der Waals surface area contributed by atoms with Gasteiger partial charge in [-0.25, -0.2) is 0 Å². The third-order valence-electron chi connectivity index (χ3n) is 4.94. The van der Waals surface area contributed by atoms with Gasteiger partial charge in [0.05, 0.1) is 11.7 Å². The van der Waals surface area contributed by atoms with E-state index in [1.165, 1.54) is 12.3 Å². The van der Waals surface area contributed by atoms with Crippen molar-refractivity contribution in [3.05, 3.63) is 33.2 Å². The maximum absolute atomic E-state index is 12.5. The Morgan fingerprint density at radius 2 is 1.95 bits per heavy atom. The maximum Gasteiger partial charge on any atom is 0.266 e. The molecule has 0 bridgehead atoms. The Morgan fingerprint density at radius 1 is 1.33 bits per heavy atom. The molecule has 0 aliphatic heterocycles. The Hall–Kier alpha value is -1.33.